The summed E-state index contributed by atoms with van der Waals surface area (Å²) in [6.07, 6.45) is 9.66. The van der Waals surface area contributed by atoms with Crippen LogP contribution in [0.1, 0.15) is 49.7 Å². The fraction of sp³-hybridized carbons (Fsp3) is 0.474. The second-order valence-electron chi connectivity index (χ2n) is 6.47. The molecule has 2 aromatic rings. The fourth-order valence-corrected chi connectivity index (χ4v) is 3.14. The van der Waals surface area contributed by atoms with E-state index in [0.29, 0.717) is 12.0 Å². The Labute approximate surface area is 138 Å². The first kappa shape index (κ1) is 15.8. The van der Waals surface area contributed by atoms with Gasteiger partial charge in [-0.15, -0.1) is 0 Å². The molecule has 0 unspecified atom stereocenters. The lowest BCUT2D eigenvalue weighted by Crippen LogP contribution is -2.19. The first-order chi connectivity index (χ1) is 11.2. The molecule has 0 bridgehead atoms. The molecule has 0 atom stereocenters. The summed E-state index contributed by atoms with van der Waals surface area (Å²) in [6.45, 7) is 4.23. The van der Waals surface area contributed by atoms with Crippen LogP contribution < -0.4 is 10.6 Å². The monoisotopic (exact) mass is 310 g/mol. The molecule has 1 aromatic carbocycles. The van der Waals surface area contributed by atoms with E-state index in [-0.39, 0.29) is 0 Å². The summed E-state index contributed by atoms with van der Waals surface area (Å²) in [5.41, 5.74) is 3.57. The molecule has 4 nitrogen and oxygen atoms in total. The van der Waals surface area contributed by atoms with E-state index in [9.17, 15) is 0 Å². The topological polar surface area (TPSA) is 49.8 Å². The second kappa shape index (κ2) is 7.44. The van der Waals surface area contributed by atoms with Gasteiger partial charge >= 0.3 is 0 Å². The van der Waals surface area contributed by atoms with Gasteiger partial charge in [0.1, 0.15) is 5.82 Å². The lowest BCUT2D eigenvalue weighted by atomic mass is 10.1. The lowest BCUT2D eigenvalue weighted by Gasteiger charge is -2.17. The van der Waals surface area contributed by atoms with Gasteiger partial charge < -0.3 is 10.6 Å². The normalized spacial score (nSPS) is 15.9. The average molecular weight is 310 g/mol. The number of nitrogens with one attached hydrogen (secondary N) is 2. The Kier molecular flexibility index (Phi) is 5.11. The quantitative estimate of drug-likeness (QED) is 0.783. The summed E-state index contributed by atoms with van der Waals surface area (Å²) in [4.78, 5) is 8.99. The van der Waals surface area contributed by atoms with Crippen molar-refractivity contribution in [1.29, 1.82) is 0 Å². The molecule has 3 rings (SSSR count). The van der Waals surface area contributed by atoms with Crippen molar-refractivity contribution >= 4 is 17.5 Å². The van der Waals surface area contributed by atoms with Crippen LogP contribution in [0.25, 0.3) is 0 Å². The van der Waals surface area contributed by atoms with Crippen LogP contribution in [0.4, 0.5) is 17.5 Å². The van der Waals surface area contributed by atoms with Crippen molar-refractivity contribution < 1.29 is 0 Å². The van der Waals surface area contributed by atoms with Crippen LogP contribution in [0.2, 0.25) is 0 Å². The van der Waals surface area contributed by atoms with Gasteiger partial charge in [0.05, 0.1) is 0 Å². The molecule has 2 N–H and O–H groups in total. The van der Waals surface area contributed by atoms with Gasteiger partial charge in [-0.25, -0.2) is 4.98 Å². The van der Waals surface area contributed by atoms with E-state index in [1.54, 1.807) is 0 Å². The first-order valence-electron chi connectivity index (χ1n) is 8.65. The van der Waals surface area contributed by atoms with Crippen molar-refractivity contribution in [3.8, 4) is 0 Å². The summed E-state index contributed by atoms with van der Waals surface area (Å²) in [5, 5.41) is 6.92. The highest BCUT2D eigenvalue weighted by molar-refractivity contribution is 5.60. The van der Waals surface area contributed by atoms with Crippen LogP contribution in [0, 0.1) is 13.8 Å². The van der Waals surface area contributed by atoms with E-state index in [2.05, 4.69) is 52.6 Å². The molecule has 1 saturated carbocycles. The lowest BCUT2D eigenvalue weighted by molar-refractivity contribution is 0.617. The van der Waals surface area contributed by atoms with Crippen LogP contribution in [0.3, 0.4) is 0 Å². The molecule has 1 heterocycles. The van der Waals surface area contributed by atoms with Gasteiger partial charge in [-0.1, -0.05) is 37.8 Å². The van der Waals surface area contributed by atoms with Crippen molar-refractivity contribution in [2.75, 3.05) is 10.6 Å². The van der Waals surface area contributed by atoms with Crippen molar-refractivity contribution in [2.24, 2.45) is 0 Å². The number of nitrogens with zero attached hydrogens (tertiary/aromatic N) is 2. The van der Waals surface area contributed by atoms with Gasteiger partial charge in [0, 0.05) is 17.9 Å². The van der Waals surface area contributed by atoms with Crippen molar-refractivity contribution in [3.63, 3.8) is 0 Å². The van der Waals surface area contributed by atoms with E-state index < -0.39 is 0 Å². The minimum atomic E-state index is 0.543. The molecule has 0 amide bonds. The second-order valence-corrected chi connectivity index (χ2v) is 6.47. The molecule has 23 heavy (non-hydrogen) atoms. The maximum atomic E-state index is 4.63. The molecule has 0 spiro atoms. The third-order valence-corrected chi connectivity index (χ3v) is 4.71. The average Bonchev–Trinajstić information content (AvgIpc) is 2.81. The van der Waals surface area contributed by atoms with Gasteiger partial charge in [-0.2, -0.15) is 4.98 Å². The SMILES string of the molecule is Cc1cccc(Nc2nccc(NC3CCCCCC3)n2)c1C. The number of anilines is 3. The van der Waals surface area contributed by atoms with Crippen LogP contribution in [0.15, 0.2) is 30.5 Å². The molecule has 1 aliphatic rings. The van der Waals surface area contributed by atoms with E-state index in [4.69, 9.17) is 0 Å². The molecule has 0 saturated heterocycles. The van der Waals surface area contributed by atoms with Crippen LogP contribution in [-0.4, -0.2) is 16.0 Å². The Morgan fingerprint density at radius 1 is 1.00 bits per heavy atom. The minimum absolute atomic E-state index is 0.543. The standard InChI is InChI=1S/C19H26N4/c1-14-8-7-11-17(15(14)2)22-19-20-13-12-18(23-19)21-16-9-5-3-4-6-10-16/h7-8,11-13,16H,3-6,9-10H2,1-2H3,(H2,20,21,22,23). The first-order valence-corrected chi connectivity index (χ1v) is 8.65. The molecular formula is C19H26N4. The summed E-state index contributed by atoms with van der Waals surface area (Å²) < 4.78 is 0. The fourth-order valence-electron chi connectivity index (χ4n) is 3.14. The summed E-state index contributed by atoms with van der Waals surface area (Å²) >= 11 is 0. The zero-order valence-electron chi connectivity index (χ0n) is 14.1. The van der Waals surface area contributed by atoms with E-state index >= 15 is 0 Å². The smallest absolute Gasteiger partial charge is 0.229 e. The number of aromatic nitrogens is 2. The van der Waals surface area contributed by atoms with Gasteiger partial charge in [0.15, 0.2) is 0 Å². The molecule has 0 radical (unpaired) electrons. The minimum Gasteiger partial charge on any atom is -0.367 e. The third kappa shape index (κ3) is 4.21. The number of hydrogen-bond acceptors (Lipinski definition) is 4. The Balaban J connectivity index is 1.70. The summed E-state index contributed by atoms with van der Waals surface area (Å²) in [7, 11) is 0. The van der Waals surface area contributed by atoms with Crippen molar-refractivity contribution in [1.82, 2.24) is 9.97 Å². The van der Waals surface area contributed by atoms with E-state index in [1.807, 2.05) is 12.3 Å². The van der Waals surface area contributed by atoms with E-state index in [1.165, 1.54) is 49.7 Å². The highest BCUT2D eigenvalue weighted by atomic mass is 15.1. The summed E-state index contributed by atoms with van der Waals surface area (Å²) in [6, 6.07) is 8.74. The Hall–Kier alpha value is -2.10. The predicted molar refractivity (Wildman–Crippen MR) is 96.3 cm³/mol. The number of rotatable bonds is 4. The van der Waals surface area contributed by atoms with Gasteiger partial charge in [0.2, 0.25) is 5.95 Å². The number of aryl methyl sites for hydroxylation is 1. The Morgan fingerprint density at radius 2 is 1.78 bits per heavy atom. The van der Waals surface area contributed by atoms with Crippen LogP contribution in [-0.2, 0) is 0 Å². The molecule has 1 aromatic heterocycles. The van der Waals surface area contributed by atoms with Gasteiger partial charge in [0.25, 0.3) is 0 Å². The molecule has 122 valence electrons. The maximum Gasteiger partial charge on any atom is 0.229 e. The molecular weight excluding hydrogens is 284 g/mol. The maximum absolute atomic E-state index is 4.63. The van der Waals surface area contributed by atoms with Crippen molar-refractivity contribution in [3.05, 3.63) is 41.6 Å². The van der Waals surface area contributed by atoms with Crippen LogP contribution >= 0.6 is 0 Å². The number of hydrogen-bond donors (Lipinski definition) is 2. The van der Waals surface area contributed by atoms with Gasteiger partial charge in [-0.3, -0.25) is 0 Å². The largest absolute Gasteiger partial charge is 0.367 e. The predicted octanol–water partition coefficient (Wildman–Crippen LogP) is 4.97. The van der Waals surface area contributed by atoms with Gasteiger partial charge in [-0.05, 0) is 49.9 Å². The molecule has 0 aliphatic heterocycles. The van der Waals surface area contributed by atoms with Crippen LogP contribution in [0.5, 0.6) is 0 Å². The molecule has 4 heteroatoms. The zero-order valence-corrected chi connectivity index (χ0v) is 14.1. The van der Waals surface area contributed by atoms with Crippen molar-refractivity contribution in [2.45, 2.75) is 58.4 Å². The third-order valence-electron chi connectivity index (χ3n) is 4.71. The highest BCUT2D eigenvalue weighted by Gasteiger charge is 2.13. The number of benzene rings is 1. The zero-order chi connectivity index (χ0) is 16.1. The van der Waals surface area contributed by atoms with E-state index in [0.717, 1.165) is 11.5 Å². The summed E-state index contributed by atoms with van der Waals surface area (Å²) in [5.74, 6) is 1.57. The highest BCUT2D eigenvalue weighted by Crippen LogP contribution is 2.23. The molecule has 1 aliphatic carbocycles. The Morgan fingerprint density at radius 3 is 2.57 bits per heavy atom. The molecule has 1 fully saturated rings. The Bertz CT molecular complexity index is 646.